The average Bonchev–Trinajstić information content (AvgIpc) is 3.77. The van der Waals surface area contributed by atoms with Crippen LogP contribution in [-0.4, -0.2) is 9.97 Å². The van der Waals surface area contributed by atoms with E-state index in [0.717, 1.165) is 66.5 Å². The van der Waals surface area contributed by atoms with E-state index in [4.69, 9.17) is 14.4 Å². The smallest absolute Gasteiger partial charge is 0.160 e. The van der Waals surface area contributed by atoms with Crippen LogP contribution in [0.1, 0.15) is 0 Å². The summed E-state index contributed by atoms with van der Waals surface area (Å²) in [6.07, 6.45) is 0. The highest BCUT2D eigenvalue weighted by Crippen LogP contribution is 2.48. The van der Waals surface area contributed by atoms with Crippen molar-refractivity contribution in [3.8, 4) is 67.3 Å². The topological polar surface area (TPSA) is 38.9 Å². The zero-order chi connectivity index (χ0) is 42.8. The Morgan fingerprint density at radius 3 is 1.63 bits per heavy atom. The minimum absolute atomic E-state index is 0.683. The first-order chi connectivity index (χ1) is 32.2. The lowest BCUT2D eigenvalue weighted by atomic mass is 9.82. The molecule has 0 aliphatic rings. The number of furan rings is 1. The molecule has 2 heterocycles. The van der Waals surface area contributed by atoms with Gasteiger partial charge in [-0.05, 0) is 83.0 Å². The van der Waals surface area contributed by atoms with E-state index in [1.807, 2.05) is 30.3 Å². The van der Waals surface area contributed by atoms with Crippen molar-refractivity contribution in [3.63, 3.8) is 0 Å². The highest BCUT2D eigenvalue weighted by Gasteiger charge is 2.22. The van der Waals surface area contributed by atoms with Crippen molar-refractivity contribution in [1.29, 1.82) is 0 Å². The van der Waals surface area contributed by atoms with E-state index in [-0.39, 0.29) is 0 Å². The van der Waals surface area contributed by atoms with Crippen molar-refractivity contribution in [2.24, 2.45) is 0 Å². The third-order valence-corrected chi connectivity index (χ3v) is 13.1. The Balaban J connectivity index is 1.01. The predicted molar refractivity (Wildman–Crippen MR) is 272 cm³/mol. The fraction of sp³-hybridized carbons (Fsp3) is 0. The summed E-state index contributed by atoms with van der Waals surface area (Å²) in [5, 5.41) is 12.0. The monoisotopic (exact) mass is 826 g/mol. The minimum atomic E-state index is 0.683. The zero-order valence-corrected chi connectivity index (χ0v) is 35.2. The quantitative estimate of drug-likeness (QED) is 0.124. The van der Waals surface area contributed by atoms with Crippen LogP contribution in [0, 0.1) is 0 Å². The zero-order valence-electron chi connectivity index (χ0n) is 35.2. The molecule has 11 aromatic carbocycles. The second kappa shape index (κ2) is 15.0. The molecule has 0 unspecified atom stereocenters. The Kier molecular flexibility index (Phi) is 8.53. The first kappa shape index (κ1) is 36.9. The molecule has 0 atom stereocenters. The van der Waals surface area contributed by atoms with E-state index in [2.05, 4.69) is 200 Å². The number of rotatable bonds is 6. The van der Waals surface area contributed by atoms with Crippen molar-refractivity contribution in [2.75, 3.05) is 0 Å². The van der Waals surface area contributed by atoms with Crippen LogP contribution in [0.2, 0.25) is 0 Å². The summed E-state index contributed by atoms with van der Waals surface area (Å²) >= 11 is 0. The number of nitrogens with zero attached hydrogens (tertiary/aromatic N) is 2. The molecule has 0 aliphatic carbocycles. The summed E-state index contributed by atoms with van der Waals surface area (Å²) in [5.41, 5.74) is 13.6. The Morgan fingerprint density at radius 2 is 0.862 bits per heavy atom. The molecule has 3 nitrogen and oxygen atoms in total. The third kappa shape index (κ3) is 6.05. The molecule has 0 saturated heterocycles. The Labute approximate surface area is 375 Å². The lowest BCUT2D eigenvalue weighted by molar-refractivity contribution is 0.670. The Morgan fingerprint density at radius 1 is 0.292 bits per heavy atom. The van der Waals surface area contributed by atoms with E-state index < -0.39 is 0 Å². The molecule has 13 aromatic rings. The van der Waals surface area contributed by atoms with Crippen LogP contribution in [0.4, 0.5) is 0 Å². The van der Waals surface area contributed by atoms with Crippen molar-refractivity contribution >= 4 is 65.0 Å². The van der Waals surface area contributed by atoms with E-state index in [9.17, 15) is 0 Å². The molecule has 3 heteroatoms. The molecular weight excluding hydrogens is 789 g/mol. The van der Waals surface area contributed by atoms with Crippen molar-refractivity contribution in [1.82, 2.24) is 9.97 Å². The van der Waals surface area contributed by atoms with Gasteiger partial charge in [-0.3, -0.25) is 0 Å². The van der Waals surface area contributed by atoms with Crippen LogP contribution in [0.25, 0.3) is 132 Å². The Hall–Kier alpha value is -8.66. The molecular formula is C62H38N2O. The maximum absolute atomic E-state index is 6.42. The van der Waals surface area contributed by atoms with Gasteiger partial charge in [0.05, 0.1) is 11.4 Å². The minimum Gasteiger partial charge on any atom is -0.455 e. The maximum atomic E-state index is 6.42. The van der Waals surface area contributed by atoms with Crippen LogP contribution in [0.3, 0.4) is 0 Å². The standard InChI is InChI=1S/C62H38N2O/c1-3-17-42(18-4-1)58-50-25-11-12-26-51(50)60(59-44-21-8-7-16-39(44)34-35-54(58)59)52-37-36-48(46-22-9-10-23-47(46)52)56-38-55(63-62(64-56)43-19-5-2-6-20-43)41-32-30-40(31-33-41)45-27-15-28-53-49-24-13-14-29-57(49)65-61(45)53/h1-38H. The Bertz CT molecular complexity index is 3980. The normalized spacial score (nSPS) is 11.7. The van der Waals surface area contributed by atoms with Gasteiger partial charge in [-0.1, -0.05) is 218 Å². The highest BCUT2D eigenvalue weighted by atomic mass is 16.3. The summed E-state index contributed by atoms with van der Waals surface area (Å²) in [4.78, 5) is 10.6. The molecule has 0 spiro atoms. The second-order valence-corrected chi connectivity index (χ2v) is 16.8. The molecule has 302 valence electrons. The number of aromatic nitrogens is 2. The van der Waals surface area contributed by atoms with E-state index in [0.29, 0.717) is 5.82 Å². The lowest BCUT2D eigenvalue weighted by Gasteiger charge is -2.21. The van der Waals surface area contributed by atoms with Gasteiger partial charge in [0.25, 0.3) is 0 Å². The van der Waals surface area contributed by atoms with Gasteiger partial charge in [0.2, 0.25) is 0 Å². The molecule has 0 N–H and O–H groups in total. The predicted octanol–water partition coefficient (Wildman–Crippen LogP) is 17.0. The molecule has 0 bridgehead atoms. The molecule has 0 fully saturated rings. The number of para-hydroxylation sites is 2. The SMILES string of the molecule is c1ccc(-c2nc(-c3ccc(-c4cccc5c4oc4ccccc45)cc3)cc(-c3ccc(-c4c5ccccc5c(-c5ccccc5)c5ccc6ccccc6c45)c4ccccc34)n2)cc1. The number of benzene rings is 11. The fourth-order valence-electron chi connectivity index (χ4n) is 10.1. The van der Waals surface area contributed by atoms with Crippen LogP contribution < -0.4 is 0 Å². The fourth-order valence-corrected chi connectivity index (χ4v) is 10.1. The molecule has 0 amide bonds. The second-order valence-electron chi connectivity index (χ2n) is 16.8. The lowest BCUT2D eigenvalue weighted by Crippen LogP contribution is -1.97. The van der Waals surface area contributed by atoms with Gasteiger partial charge in [-0.15, -0.1) is 0 Å². The van der Waals surface area contributed by atoms with Gasteiger partial charge in [-0.2, -0.15) is 0 Å². The largest absolute Gasteiger partial charge is 0.455 e. The van der Waals surface area contributed by atoms with Gasteiger partial charge in [0, 0.05) is 33.0 Å². The summed E-state index contributed by atoms with van der Waals surface area (Å²) in [6, 6.07) is 82.3. The van der Waals surface area contributed by atoms with E-state index >= 15 is 0 Å². The van der Waals surface area contributed by atoms with Gasteiger partial charge in [0.15, 0.2) is 5.82 Å². The van der Waals surface area contributed by atoms with Gasteiger partial charge >= 0.3 is 0 Å². The highest BCUT2D eigenvalue weighted by molar-refractivity contribution is 6.29. The first-order valence-corrected chi connectivity index (χ1v) is 22.1. The summed E-state index contributed by atoms with van der Waals surface area (Å²) in [7, 11) is 0. The van der Waals surface area contributed by atoms with E-state index in [1.165, 1.54) is 60.0 Å². The van der Waals surface area contributed by atoms with Crippen molar-refractivity contribution in [2.45, 2.75) is 0 Å². The van der Waals surface area contributed by atoms with E-state index in [1.54, 1.807) is 0 Å². The average molecular weight is 827 g/mol. The maximum Gasteiger partial charge on any atom is 0.160 e. The summed E-state index contributed by atoms with van der Waals surface area (Å²) in [5.74, 6) is 0.683. The van der Waals surface area contributed by atoms with Crippen molar-refractivity contribution < 1.29 is 4.42 Å². The third-order valence-electron chi connectivity index (χ3n) is 13.1. The molecule has 0 saturated carbocycles. The van der Waals surface area contributed by atoms with Gasteiger partial charge in [-0.25, -0.2) is 9.97 Å². The summed E-state index contributed by atoms with van der Waals surface area (Å²) in [6.45, 7) is 0. The number of hydrogen-bond donors (Lipinski definition) is 0. The van der Waals surface area contributed by atoms with Gasteiger partial charge in [0.1, 0.15) is 11.2 Å². The summed E-state index contributed by atoms with van der Waals surface area (Å²) < 4.78 is 6.42. The molecule has 0 radical (unpaired) electrons. The molecule has 2 aromatic heterocycles. The van der Waals surface area contributed by atoms with Crippen LogP contribution >= 0.6 is 0 Å². The molecule has 0 aliphatic heterocycles. The number of hydrogen-bond acceptors (Lipinski definition) is 3. The van der Waals surface area contributed by atoms with Crippen LogP contribution in [0.5, 0.6) is 0 Å². The van der Waals surface area contributed by atoms with Gasteiger partial charge < -0.3 is 4.42 Å². The molecule has 65 heavy (non-hydrogen) atoms. The number of fused-ring (bicyclic) bond motifs is 8. The van der Waals surface area contributed by atoms with Crippen molar-refractivity contribution in [3.05, 3.63) is 231 Å². The first-order valence-electron chi connectivity index (χ1n) is 22.1. The van der Waals surface area contributed by atoms with Crippen LogP contribution in [-0.2, 0) is 0 Å². The molecule has 13 rings (SSSR count). The van der Waals surface area contributed by atoms with Crippen LogP contribution in [0.15, 0.2) is 235 Å².